The molecular weight excluding hydrogens is 181 g/mol. The Kier molecular flexibility index (Phi) is 6.66. The van der Waals surface area contributed by atoms with Gasteiger partial charge in [0.15, 0.2) is 0 Å². The highest BCUT2D eigenvalue weighted by Gasteiger charge is 2.12. The molecule has 0 aliphatic carbocycles. The van der Waals surface area contributed by atoms with Crippen LogP contribution >= 0.6 is 0 Å². The van der Waals surface area contributed by atoms with Gasteiger partial charge in [-0.05, 0) is 25.8 Å². The van der Waals surface area contributed by atoms with Gasteiger partial charge in [0.1, 0.15) is 7.85 Å². The molecule has 0 aromatic rings. The molecule has 0 amide bonds. The Bertz CT molecular complexity index is 239. The highest BCUT2D eigenvalue weighted by atomic mass is 14.9. The Hall–Kier alpha value is -0.495. The van der Waals surface area contributed by atoms with E-state index < -0.39 is 0 Å². The molecular formula is C13H26BN. The quantitative estimate of drug-likeness (QED) is 0.539. The predicted octanol–water partition coefficient (Wildman–Crippen LogP) is 2.35. The second-order valence-electron chi connectivity index (χ2n) is 4.84. The van der Waals surface area contributed by atoms with E-state index >= 15 is 0 Å². The maximum atomic E-state index is 3.37. The van der Waals surface area contributed by atoms with E-state index in [0.717, 1.165) is 0 Å². The van der Waals surface area contributed by atoms with E-state index in [1.807, 2.05) is 7.05 Å². The topological polar surface area (TPSA) is 12.0 Å². The van der Waals surface area contributed by atoms with Crippen molar-refractivity contribution in [1.82, 2.24) is 5.32 Å². The zero-order valence-corrected chi connectivity index (χ0v) is 11.4. The normalized spacial score (nSPS) is 16.3. The summed E-state index contributed by atoms with van der Waals surface area (Å²) in [4.78, 5) is 0. The molecule has 0 rings (SSSR count). The van der Waals surface area contributed by atoms with E-state index in [0.29, 0.717) is 17.9 Å². The van der Waals surface area contributed by atoms with Crippen molar-refractivity contribution in [3.63, 3.8) is 0 Å². The van der Waals surface area contributed by atoms with Gasteiger partial charge >= 0.3 is 0 Å². The van der Waals surface area contributed by atoms with E-state index in [1.165, 1.54) is 11.0 Å². The molecule has 0 aliphatic heterocycles. The van der Waals surface area contributed by atoms with Gasteiger partial charge in [-0.3, -0.25) is 0 Å². The van der Waals surface area contributed by atoms with Gasteiger partial charge in [-0.25, -0.2) is 0 Å². The predicted molar refractivity (Wildman–Crippen MR) is 72.9 cm³/mol. The summed E-state index contributed by atoms with van der Waals surface area (Å²) in [7, 11) is 4.25. The number of likely N-dealkylation sites (N-methyl/N-ethyl adjacent to an activating group) is 1. The van der Waals surface area contributed by atoms with Gasteiger partial charge in [0.05, 0.1) is 0 Å². The minimum atomic E-state index is 0.485. The zero-order chi connectivity index (χ0) is 12.0. The summed E-state index contributed by atoms with van der Waals surface area (Å²) < 4.78 is 0. The number of hydrogen-bond acceptors (Lipinski definition) is 1. The molecule has 1 N–H and O–H groups in total. The molecule has 15 heavy (non-hydrogen) atoms. The molecule has 0 heterocycles. The molecule has 0 aliphatic rings. The summed E-state index contributed by atoms with van der Waals surface area (Å²) in [6.07, 6.45) is 4.53. The van der Waals surface area contributed by atoms with Gasteiger partial charge in [-0.1, -0.05) is 50.9 Å². The molecule has 0 bridgehead atoms. The van der Waals surface area contributed by atoms with Crippen LogP contribution in [-0.2, 0) is 0 Å². The van der Waals surface area contributed by atoms with E-state index in [2.05, 4.69) is 59.9 Å². The summed E-state index contributed by atoms with van der Waals surface area (Å²) in [6.45, 7) is 11.1. The smallest absolute Gasteiger partial charge is 0.136 e. The Morgan fingerprint density at radius 3 is 2.00 bits per heavy atom. The van der Waals surface area contributed by atoms with Crippen LogP contribution < -0.4 is 5.32 Å². The SMILES string of the molecule is B/C(=C/C(=C\C)C(C)C)C(NC)C(C)C. The first-order valence-electron chi connectivity index (χ1n) is 5.95. The first-order chi connectivity index (χ1) is 6.93. The summed E-state index contributed by atoms with van der Waals surface area (Å²) in [5.74, 6) is 1.24. The van der Waals surface area contributed by atoms with Crippen LogP contribution in [0.1, 0.15) is 34.6 Å². The summed E-state index contributed by atoms with van der Waals surface area (Å²) in [5.41, 5.74) is 2.85. The average molecular weight is 207 g/mol. The second-order valence-corrected chi connectivity index (χ2v) is 4.84. The van der Waals surface area contributed by atoms with Crippen molar-refractivity contribution in [3.05, 3.63) is 23.2 Å². The third-order valence-corrected chi connectivity index (χ3v) is 2.86. The fourth-order valence-electron chi connectivity index (χ4n) is 2.02. The molecule has 1 nitrogen and oxygen atoms in total. The van der Waals surface area contributed by atoms with E-state index in [9.17, 15) is 0 Å². The Morgan fingerprint density at radius 2 is 1.73 bits per heavy atom. The number of allylic oxidation sites excluding steroid dienone is 3. The summed E-state index contributed by atoms with van der Waals surface area (Å²) >= 11 is 0. The van der Waals surface area contributed by atoms with Crippen molar-refractivity contribution in [2.75, 3.05) is 7.05 Å². The van der Waals surface area contributed by atoms with Crippen molar-refractivity contribution in [1.29, 1.82) is 0 Å². The third-order valence-electron chi connectivity index (χ3n) is 2.86. The minimum absolute atomic E-state index is 0.485. The first kappa shape index (κ1) is 14.5. The lowest BCUT2D eigenvalue weighted by atomic mass is 9.80. The van der Waals surface area contributed by atoms with Gasteiger partial charge in [-0.2, -0.15) is 0 Å². The number of rotatable bonds is 5. The van der Waals surface area contributed by atoms with Gasteiger partial charge in [0, 0.05) is 6.04 Å². The first-order valence-corrected chi connectivity index (χ1v) is 5.95. The van der Waals surface area contributed by atoms with Crippen molar-refractivity contribution >= 4 is 7.85 Å². The number of nitrogens with one attached hydrogen (secondary N) is 1. The standard InChI is InChI=1S/C13H26BN/c1-7-11(9(2)3)8-12(14)13(15-6)10(4)5/h7-10,13,15H,14H2,1-6H3/b11-7+,12-8+. The summed E-state index contributed by atoms with van der Waals surface area (Å²) in [5, 5.41) is 3.37. The van der Waals surface area contributed by atoms with Gasteiger partial charge in [0.2, 0.25) is 0 Å². The fraction of sp³-hybridized carbons (Fsp3) is 0.692. The highest BCUT2D eigenvalue weighted by molar-refractivity contribution is 6.22. The van der Waals surface area contributed by atoms with Crippen molar-refractivity contribution in [2.24, 2.45) is 11.8 Å². The van der Waals surface area contributed by atoms with Crippen LogP contribution in [-0.4, -0.2) is 20.9 Å². The molecule has 1 atom stereocenters. The van der Waals surface area contributed by atoms with Gasteiger partial charge in [-0.15, -0.1) is 0 Å². The Labute approximate surface area is 96.4 Å². The molecule has 0 saturated heterocycles. The van der Waals surface area contributed by atoms with E-state index in [-0.39, 0.29) is 0 Å². The molecule has 0 aromatic carbocycles. The highest BCUT2D eigenvalue weighted by Crippen LogP contribution is 2.16. The van der Waals surface area contributed by atoms with Crippen LogP contribution in [0.15, 0.2) is 23.2 Å². The maximum absolute atomic E-state index is 3.37. The van der Waals surface area contributed by atoms with Gasteiger partial charge < -0.3 is 5.32 Å². The van der Waals surface area contributed by atoms with E-state index in [4.69, 9.17) is 0 Å². The Balaban J connectivity index is 4.80. The van der Waals surface area contributed by atoms with Crippen molar-refractivity contribution in [2.45, 2.75) is 40.7 Å². The lowest BCUT2D eigenvalue weighted by molar-refractivity contribution is 0.492. The van der Waals surface area contributed by atoms with Crippen molar-refractivity contribution in [3.8, 4) is 0 Å². The van der Waals surface area contributed by atoms with Crippen LogP contribution in [0.25, 0.3) is 0 Å². The number of hydrogen-bond donors (Lipinski definition) is 1. The van der Waals surface area contributed by atoms with Gasteiger partial charge in [0.25, 0.3) is 0 Å². The monoisotopic (exact) mass is 207 g/mol. The second kappa shape index (κ2) is 6.89. The average Bonchev–Trinajstić information content (AvgIpc) is 2.14. The molecule has 1 unspecified atom stereocenters. The zero-order valence-electron chi connectivity index (χ0n) is 11.4. The Morgan fingerprint density at radius 1 is 1.20 bits per heavy atom. The van der Waals surface area contributed by atoms with Crippen molar-refractivity contribution < 1.29 is 0 Å². The molecule has 0 radical (unpaired) electrons. The molecule has 0 aromatic heterocycles. The maximum Gasteiger partial charge on any atom is 0.136 e. The molecule has 0 saturated carbocycles. The van der Waals surface area contributed by atoms with Crippen LogP contribution in [0.2, 0.25) is 0 Å². The molecule has 0 fully saturated rings. The van der Waals surface area contributed by atoms with Crippen LogP contribution in [0.3, 0.4) is 0 Å². The third kappa shape index (κ3) is 4.70. The lowest BCUT2D eigenvalue weighted by Crippen LogP contribution is -2.33. The largest absolute Gasteiger partial charge is 0.314 e. The molecule has 0 spiro atoms. The molecule has 2 heteroatoms. The van der Waals surface area contributed by atoms with Crippen LogP contribution in [0.4, 0.5) is 0 Å². The minimum Gasteiger partial charge on any atom is -0.314 e. The van der Waals surface area contributed by atoms with E-state index in [1.54, 1.807) is 0 Å². The van der Waals surface area contributed by atoms with Crippen LogP contribution in [0, 0.1) is 11.8 Å². The summed E-state index contributed by atoms with van der Waals surface area (Å²) in [6, 6.07) is 0.485. The molecule has 86 valence electrons. The van der Waals surface area contributed by atoms with Crippen LogP contribution in [0.5, 0.6) is 0 Å². The lowest BCUT2D eigenvalue weighted by Gasteiger charge is -2.22. The fourth-order valence-corrected chi connectivity index (χ4v) is 2.02.